The Morgan fingerprint density at radius 2 is 1.62 bits per heavy atom. The molecule has 0 spiro atoms. The predicted octanol–water partition coefficient (Wildman–Crippen LogP) is 4.93. The monoisotopic (exact) mass is 399 g/mol. The number of halogens is 3. The summed E-state index contributed by atoms with van der Waals surface area (Å²) in [6.45, 7) is 0. The van der Waals surface area contributed by atoms with Crippen LogP contribution in [-0.2, 0) is 4.79 Å². The molecule has 0 aliphatic carbocycles. The maximum Gasteiger partial charge on any atom is 0.323 e. The third-order valence-corrected chi connectivity index (χ3v) is 4.96. The standard InChI is InChI=1S/C22H16F3NO3/c1-26-17-6-4-3-5-13(17)19(14-8-7-12(28-2)11-18(14)26)22(27)29-21-16(24)10-9-15(23)20(21)25/h3-11,19H,1-2H3. The van der Waals surface area contributed by atoms with Crippen molar-refractivity contribution in [1.29, 1.82) is 0 Å². The fourth-order valence-electron chi connectivity index (χ4n) is 3.53. The zero-order valence-electron chi connectivity index (χ0n) is 15.6. The molecule has 148 valence electrons. The zero-order chi connectivity index (χ0) is 20.7. The highest BCUT2D eigenvalue weighted by Gasteiger charge is 2.36. The minimum absolute atomic E-state index is 0.578. The molecule has 4 rings (SSSR count). The van der Waals surface area contributed by atoms with Gasteiger partial charge < -0.3 is 14.4 Å². The molecule has 0 saturated heterocycles. The number of carbonyl (C=O) groups is 1. The Hall–Kier alpha value is -3.48. The minimum atomic E-state index is -1.55. The summed E-state index contributed by atoms with van der Waals surface area (Å²) in [5, 5.41) is 0. The first-order chi connectivity index (χ1) is 13.9. The molecule has 1 aliphatic heterocycles. The molecule has 3 aromatic carbocycles. The maximum absolute atomic E-state index is 14.0. The fraction of sp³-hybridized carbons (Fsp3) is 0.136. The molecular formula is C22H16F3NO3. The lowest BCUT2D eigenvalue weighted by Gasteiger charge is -2.34. The number of para-hydroxylation sites is 1. The molecule has 3 aromatic rings. The molecule has 0 bridgehead atoms. The number of carbonyl (C=O) groups excluding carboxylic acids is 1. The number of esters is 1. The highest BCUT2D eigenvalue weighted by atomic mass is 19.2. The number of hydrogen-bond acceptors (Lipinski definition) is 4. The van der Waals surface area contributed by atoms with Gasteiger partial charge in [-0.05, 0) is 35.4 Å². The van der Waals surface area contributed by atoms with E-state index in [2.05, 4.69) is 0 Å². The van der Waals surface area contributed by atoms with Gasteiger partial charge in [-0.25, -0.2) is 8.78 Å². The summed E-state index contributed by atoms with van der Waals surface area (Å²) >= 11 is 0. The Morgan fingerprint density at radius 1 is 0.931 bits per heavy atom. The van der Waals surface area contributed by atoms with Crippen molar-refractivity contribution in [2.75, 3.05) is 19.1 Å². The van der Waals surface area contributed by atoms with Crippen LogP contribution in [0.2, 0.25) is 0 Å². The van der Waals surface area contributed by atoms with Crippen molar-refractivity contribution in [2.45, 2.75) is 5.92 Å². The van der Waals surface area contributed by atoms with E-state index in [1.54, 1.807) is 30.3 Å². The fourth-order valence-corrected chi connectivity index (χ4v) is 3.53. The Balaban J connectivity index is 1.83. The van der Waals surface area contributed by atoms with Crippen molar-refractivity contribution < 1.29 is 27.4 Å². The molecule has 1 heterocycles. The number of methoxy groups -OCH3 is 1. The topological polar surface area (TPSA) is 38.8 Å². The van der Waals surface area contributed by atoms with E-state index < -0.39 is 35.1 Å². The van der Waals surface area contributed by atoms with Crippen LogP contribution in [0.15, 0.2) is 54.6 Å². The first-order valence-electron chi connectivity index (χ1n) is 8.78. The second-order valence-electron chi connectivity index (χ2n) is 6.57. The van der Waals surface area contributed by atoms with Crippen LogP contribution in [0, 0.1) is 17.5 Å². The summed E-state index contributed by atoms with van der Waals surface area (Å²) in [6, 6.07) is 13.6. The Labute approximate surface area is 165 Å². The second kappa shape index (κ2) is 7.16. The lowest BCUT2D eigenvalue weighted by Crippen LogP contribution is -2.29. The lowest BCUT2D eigenvalue weighted by atomic mass is 9.85. The van der Waals surface area contributed by atoms with E-state index in [1.165, 1.54) is 7.11 Å². The molecule has 29 heavy (non-hydrogen) atoms. The number of ether oxygens (including phenoxy) is 2. The normalized spacial score (nSPS) is 14.8. The van der Waals surface area contributed by atoms with E-state index in [9.17, 15) is 18.0 Å². The number of fused-ring (bicyclic) bond motifs is 2. The number of benzene rings is 3. The van der Waals surface area contributed by atoms with Gasteiger partial charge in [0.1, 0.15) is 11.7 Å². The Morgan fingerprint density at radius 3 is 2.38 bits per heavy atom. The Kier molecular flexibility index (Phi) is 4.66. The van der Waals surface area contributed by atoms with Crippen LogP contribution in [0.4, 0.5) is 24.5 Å². The van der Waals surface area contributed by atoms with Gasteiger partial charge >= 0.3 is 5.97 Å². The summed E-state index contributed by atoms with van der Waals surface area (Å²) in [4.78, 5) is 14.9. The lowest BCUT2D eigenvalue weighted by molar-refractivity contribution is -0.135. The van der Waals surface area contributed by atoms with Crippen LogP contribution in [-0.4, -0.2) is 20.1 Å². The van der Waals surface area contributed by atoms with E-state index in [1.807, 2.05) is 24.1 Å². The van der Waals surface area contributed by atoms with Gasteiger partial charge in [0, 0.05) is 24.5 Å². The number of nitrogens with zero attached hydrogens (tertiary/aromatic N) is 1. The average molecular weight is 399 g/mol. The van der Waals surface area contributed by atoms with Crippen LogP contribution in [0.3, 0.4) is 0 Å². The van der Waals surface area contributed by atoms with E-state index >= 15 is 0 Å². The Bertz CT molecular complexity index is 1120. The van der Waals surface area contributed by atoms with Crippen LogP contribution in [0.25, 0.3) is 0 Å². The van der Waals surface area contributed by atoms with E-state index in [0.717, 1.165) is 5.69 Å². The van der Waals surface area contributed by atoms with Crippen molar-refractivity contribution in [3.8, 4) is 11.5 Å². The van der Waals surface area contributed by atoms with Crippen LogP contribution in [0.1, 0.15) is 17.0 Å². The molecule has 4 nitrogen and oxygen atoms in total. The van der Waals surface area contributed by atoms with E-state index in [4.69, 9.17) is 9.47 Å². The van der Waals surface area contributed by atoms with Crippen molar-refractivity contribution in [3.05, 3.63) is 83.2 Å². The molecule has 0 N–H and O–H groups in total. The molecular weight excluding hydrogens is 383 g/mol. The predicted molar refractivity (Wildman–Crippen MR) is 101 cm³/mol. The molecule has 0 radical (unpaired) electrons. The molecule has 0 saturated carbocycles. The van der Waals surface area contributed by atoms with Crippen molar-refractivity contribution in [3.63, 3.8) is 0 Å². The van der Waals surface area contributed by atoms with Crippen molar-refractivity contribution >= 4 is 17.3 Å². The molecule has 1 atom stereocenters. The van der Waals surface area contributed by atoms with Gasteiger partial charge in [-0.3, -0.25) is 4.79 Å². The van der Waals surface area contributed by atoms with Crippen LogP contribution >= 0.6 is 0 Å². The number of rotatable bonds is 3. The van der Waals surface area contributed by atoms with Gasteiger partial charge in [-0.15, -0.1) is 0 Å². The van der Waals surface area contributed by atoms with Crippen molar-refractivity contribution in [2.24, 2.45) is 0 Å². The maximum atomic E-state index is 14.0. The van der Waals surface area contributed by atoms with E-state index in [-0.39, 0.29) is 0 Å². The largest absolute Gasteiger partial charge is 0.497 e. The van der Waals surface area contributed by atoms with Gasteiger partial charge in [0.25, 0.3) is 0 Å². The van der Waals surface area contributed by atoms with Crippen molar-refractivity contribution in [1.82, 2.24) is 0 Å². The zero-order valence-corrected chi connectivity index (χ0v) is 15.6. The third kappa shape index (κ3) is 3.08. The molecule has 7 heteroatoms. The van der Waals surface area contributed by atoms with Crippen LogP contribution in [0.5, 0.6) is 11.5 Å². The average Bonchev–Trinajstić information content (AvgIpc) is 2.74. The summed E-state index contributed by atoms with van der Waals surface area (Å²) in [5.41, 5.74) is 2.60. The van der Waals surface area contributed by atoms with Gasteiger partial charge in [0.2, 0.25) is 11.6 Å². The highest BCUT2D eigenvalue weighted by molar-refractivity contribution is 5.92. The summed E-state index contributed by atoms with van der Waals surface area (Å²) < 4.78 is 51.8. The van der Waals surface area contributed by atoms with Gasteiger partial charge in [-0.2, -0.15) is 4.39 Å². The molecule has 0 amide bonds. The SMILES string of the molecule is COc1ccc2c(c1)N(C)c1ccccc1C2C(=O)Oc1c(F)ccc(F)c1F. The first kappa shape index (κ1) is 18.9. The van der Waals surface area contributed by atoms with Gasteiger partial charge in [-0.1, -0.05) is 24.3 Å². The molecule has 1 unspecified atom stereocenters. The second-order valence-corrected chi connectivity index (χ2v) is 6.57. The first-order valence-corrected chi connectivity index (χ1v) is 8.78. The summed E-state index contributed by atoms with van der Waals surface area (Å²) in [6.07, 6.45) is 0. The number of hydrogen-bond donors (Lipinski definition) is 0. The van der Waals surface area contributed by atoms with Gasteiger partial charge in [0.15, 0.2) is 11.6 Å². The van der Waals surface area contributed by atoms with Gasteiger partial charge in [0.05, 0.1) is 7.11 Å². The smallest absolute Gasteiger partial charge is 0.323 e. The quantitative estimate of drug-likeness (QED) is 0.356. The molecule has 0 fully saturated rings. The third-order valence-electron chi connectivity index (χ3n) is 4.96. The highest BCUT2D eigenvalue weighted by Crippen LogP contribution is 2.46. The van der Waals surface area contributed by atoms with E-state index in [0.29, 0.717) is 34.7 Å². The number of anilines is 2. The minimum Gasteiger partial charge on any atom is -0.497 e. The summed E-state index contributed by atoms with van der Waals surface area (Å²) in [5.74, 6) is -6.34. The van der Waals surface area contributed by atoms with Crippen LogP contribution < -0.4 is 14.4 Å². The summed E-state index contributed by atoms with van der Waals surface area (Å²) in [7, 11) is 3.37. The molecule has 1 aliphatic rings. The molecule has 0 aromatic heterocycles.